The maximum absolute atomic E-state index is 4.29. The molecule has 0 aliphatic rings. The molecule has 0 amide bonds. The van der Waals surface area contributed by atoms with Crippen molar-refractivity contribution in [3.05, 3.63) is 36.8 Å². The lowest BCUT2D eigenvalue weighted by molar-refractivity contribution is 1.03. The first-order valence-electron chi connectivity index (χ1n) is 4.63. The van der Waals surface area contributed by atoms with Crippen molar-refractivity contribution < 1.29 is 0 Å². The number of rotatable bonds is 1. The molecule has 1 N–H and O–H groups in total. The first kappa shape index (κ1) is 8.16. The van der Waals surface area contributed by atoms with Crippen molar-refractivity contribution in [1.82, 2.24) is 24.5 Å². The summed E-state index contributed by atoms with van der Waals surface area (Å²) >= 11 is 0. The molecule has 0 aliphatic heterocycles. The quantitative estimate of drug-likeness (QED) is 0.645. The Morgan fingerprint density at radius 3 is 3.07 bits per heavy atom. The van der Waals surface area contributed by atoms with Gasteiger partial charge in [-0.05, 0) is 6.92 Å². The number of H-pyrrole nitrogens is 1. The zero-order chi connectivity index (χ0) is 10.3. The summed E-state index contributed by atoms with van der Waals surface area (Å²) in [4.78, 5) is 15.5. The second-order valence-corrected chi connectivity index (χ2v) is 3.34. The van der Waals surface area contributed by atoms with Crippen LogP contribution in [0.3, 0.4) is 0 Å². The van der Waals surface area contributed by atoms with Crippen molar-refractivity contribution in [2.24, 2.45) is 0 Å². The van der Waals surface area contributed by atoms with Crippen LogP contribution in [0.25, 0.3) is 16.9 Å². The maximum atomic E-state index is 4.29. The minimum Gasteiger partial charge on any atom is -0.329 e. The Morgan fingerprint density at radius 1 is 1.33 bits per heavy atom. The number of aryl methyl sites for hydroxylation is 1. The van der Waals surface area contributed by atoms with Crippen LogP contribution in [0.4, 0.5) is 0 Å². The summed E-state index contributed by atoms with van der Waals surface area (Å²) in [6.45, 7) is 2.03. The molecule has 3 aromatic heterocycles. The van der Waals surface area contributed by atoms with E-state index >= 15 is 0 Å². The van der Waals surface area contributed by atoms with Gasteiger partial charge in [-0.2, -0.15) is 0 Å². The predicted octanol–water partition coefficient (Wildman–Crippen LogP) is 1.45. The Hall–Kier alpha value is -2.17. The van der Waals surface area contributed by atoms with Crippen LogP contribution in [0.2, 0.25) is 0 Å². The lowest BCUT2D eigenvalue weighted by atomic mass is 10.2. The zero-order valence-electron chi connectivity index (χ0n) is 8.18. The second kappa shape index (κ2) is 2.91. The average molecular weight is 199 g/mol. The number of nitrogens with zero attached hydrogens (tertiary/aromatic N) is 4. The summed E-state index contributed by atoms with van der Waals surface area (Å²) in [5, 5.41) is 0. The van der Waals surface area contributed by atoms with Crippen molar-refractivity contribution in [3.63, 3.8) is 0 Å². The Kier molecular flexibility index (Phi) is 1.58. The summed E-state index contributed by atoms with van der Waals surface area (Å²) in [5.41, 5.74) is 3.82. The normalized spacial score (nSPS) is 11.0. The van der Waals surface area contributed by atoms with Gasteiger partial charge in [0, 0.05) is 18.0 Å². The van der Waals surface area contributed by atoms with Crippen molar-refractivity contribution in [2.75, 3.05) is 0 Å². The molecule has 5 nitrogen and oxygen atoms in total. The Bertz CT molecular complexity index is 593. The summed E-state index contributed by atoms with van der Waals surface area (Å²) in [6.07, 6.45) is 8.86. The van der Waals surface area contributed by atoms with E-state index in [1.165, 1.54) is 0 Å². The number of aromatic amines is 1. The number of fused-ring (bicyclic) bond motifs is 1. The number of imidazole rings is 2. The van der Waals surface area contributed by atoms with Gasteiger partial charge in [-0.3, -0.25) is 0 Å². The fourth-order valence-electron chi connectivity index (χ4n) is 1.67. The van der Waals surface area contributed by atoms with E-state index in [2.05, 4.69) is 19.9 Å². The number of pyridine rings is 1. The van der Waals surface area contributed by atoms with Crippen LogP contribution in [0, 0.1) is 6.92 Å². The number of hydrogen-bond acceptors (Lipinski definition) is 3. The van der Waals surface area contributed by atoms with E-state index < -0.39 is 0 Å². The Labute approximate surface area is 85.8 Å². The third-order valence-electron chi connectivity index (χ3n) is 2.46. The van der Waals surface area contributed by atoms with Gasteiger partial charge in [0.05, 0.1) is 24.5 Å². The molecule has 3 rings (SSSR count). The van der Waals surface area contributed by atoms with Gasteiger partial charge in [-0.15, -0.1) is 0 Å². The molecule has 15 heavy (non-hydrogen) atoms. The highest BCUT2D eigenvalue weighted by atomic mass is 15.0. The van der Waals surface area contributed by atoms with E-state index in [0.29, 0.717) is 0 Å². The van der Waals surface area contributed by atoms with Crippen LogP contribution in [0.5, 0.6) is 0 Å². The molecule has 0 saturated carbocycles. The molecule has 3 heterocycles. The number of hydrogen-bond donors (Lipinski definition) is 1. The Balaban J connectivity index is 2.32. The van der Waals surface area contributed by atoms with Crippen molar-refractivity contribution in [1.29, 1.82) is 0 Å². The first-order chi connectivity index (χ1) is 7.36. The largest absolute Gasteiger partial charge is 0.329 e. The molecule has 0 radical (unpaired) electrons. The van der Waals surface area contributed by atoms with Gasteiger partial charge in [0.25, 0.3) is 0 Å². The van der Waals surface area contributed by atoms with Crippen LogP contribution in [-0.2, 0) is 0 Å². The van der Waals surface area contributed by atoms with Gasteiger partial charge in [-0.1, -0.05) is 0 Å². The first-order valence-corrected chi connectivity index (χ1v) is 4.63. The molecule has 0 bridgehead atoms. The maximum Gasteiger partial charge on any atom is 0.157 e. The molecule has 0 aliphatic carbocycles. The van der Waals surface area contributed by atoms with E-state index in [9.17, 15) is 0 Å². The van der Waals surface area contributed by atoms with E-state index in [1.54, 1.807) is 18.9 Å². The minimum atomic E-state index is 0.816. The smallest absolute Gasteiger partial charge is 0.157 e. The molecular weight excluding hydrogens is 190 g/mol. The summed E-state index contributed by atoms with van der Waals surface area (Å²) in [6, 6.07) is 0. The summed E-state index contributed by atoms with van der Waals surface area (Å²) in [5.74, 6) is 0. The van der Waals surface area contributed by atoms with Crippen molar-refractivity contribution >= 4 is 11.2 Å². The van der Waals surface area contributed by atoms with E-state index in [4.69, 9.17) is 0 Å². The molecule has 74 valence electrons. The second-order valence-electron chi connectivity index (χ2n) is 3.34. The topological polar surface area (TPSA) is 59.4 Å². The minimum absolute atomic E-state index is 0.816. The molecule has 5 heteroatoms. The SMILES string of the molecule is Cc1c(-n2ccnc2)cnc2[nH]cnc12. The van der Waals surface area contributed by atoms with Gasteiger partial charge in [0.2, 0.25) is 0 Å². The monoisotopic (exact) mass is 199 g/mol. The standard InChI is InChI=1S/C10H9N5/c1-7-8(15-3-2-11-6-15)4-12-10-9(7)13-5-14-10/h2-6H,1H3,(H,12,13,14). The van der Waals surface area contributed by atoms with Crippen LogP contribution in [0.15, 0.2) is 31.2 Å². The van der Waals surface area contributed by atoms with Crippen LogP contribution >= 0.6 is 0 Å². The van der Waals surface area contributed by atoms with Crippen LogP contribution in [-0.4, -0.2) is 24.5 Å². The van der Waals surface area contributed by atoms with Crippen molar-refractivity contribution in [2.45, 2.75) is 6.92 Å². The van der Waals surface area contributed by atoms with E-state index in [-0.39, 0.29) is 0 Å². The fraction of sp³-hybridized carbons (Fsp3) is 0.100. The summed E-state index contributed by atoms with van der Waals surface area (Å²) in [7, 11) is 0. The third-order valence-corrected chi connectivity index (χ3v) is 2.46. The van der Waals surface area contributed by atoms with Crippen LogP contribution in [0.1, 0.15) is 5.56 Å². The van der Waals surface area contributed by atoms with E-state index in [1.807, 2.05) is 23.9 Å². The van der Waals surface area contributed by atoms with E-state index in [0.717, 1.165) is 22.4 Å². The number of nitrogens with one attached hydrogen (secondary N) is 1. The molecule has 0 aromatic carbocycles. The van der Waals surface area contributed by atoms with Crippen LogP contribution < -0.4 is 0 Å². The molecule has 0 spiro atoms. The van der Waals surface area contributed by atoms with Gasteiger partial charge < -0.3 is 9.55 Å². The third kappa shape index (κ3) is 1.13. The molecule has 0 unspecified atom stereocenters. The highest BCUT2D eigenvalue weighted by Crippen LogP contribution is 2.19. The number of aromatic nitrogens is 5. The van der Waals surface area contributed by atoms with Gasteiger partial charge in [0.1, 0.15) is 5.52 Å². The summed E-state index contributed by atoms with van der Waals surface area (Å²) < 4.78 is 1.93. The molecule has 0 fully saturated rings. The average Bonchev–Trinajstić information content (AvgIpc) is 2.87. The lowest BCUT2D eigenvalue weighted by Crippen LogP contribution is -1.96. The Morgan fingerprint density at radius 2 is 2.27 bits per heavy atom. The van der Waals surface area contributed by atoms with Gasteiger partial charge in [0.15, 0.2) is 5.65 Å². The fourth-order valence-corrected chi connectivity index (χ4v) is 1.67. The van der Waals surface area contributed by atoms with Gasteiger partial charge >= 0.3 is 0 Å². The zero-order valence-corrected chi connectivity index (χ0v) is 8.18. The lowest BCUT2D eigenvalue weighted by Gasteiger charge is -2.05. The highest BCUT2D eigenvalue weighted by Gasteiger charge is 2.07. The van der Waals surface area contributed by atoms with Crippen molar-refractivity contribution in [3.8, 4) is 5.69 Å². The molecule has 0 atom stereocenters. The molecule has 3 aromatic rings. The predicted molar refractivity (Wildman–Crippen MR) is 55.7 cm³/mol. The van der Waals surface area contributed by atoms with Gasteiger partial charge in [-0.25, -0.2) is 15.0 Å². The molecular formula is C10H9N5. The molecule has 0 saturated heterocycles. The highest BCUT2D eigenvalue weighted by molar-refractivity contribution is 5.77.